The van der Waals surface area contributed by atoms with Crippen LogP contribution in [0.5, 0.6) is 5.75 Å². The lowest BCUT2D eigenvalue weighted by Crippen LogP contribution is -2.19. The molecule has 0 aliphatic heterocycles. The lowest BCUT2D eigenvalue weighted by Gasteiger charge is -2.08. The summed E-state index contributed by atoms with van der Waals surface area (Å²) in [5.74, 6) is 0.579. The first kappa shape index (κ1) is 20.4. The number of nitrogens with one attached hydrogen (secondary N) is 1. The number of carbonyl (C=O) groups excluding carboxylic acids is 1. The fourth-order valence-electron chi connectivity index (χ4n) is 3.23. The van der Waals surface area contributed by atoms with Crippen molar-refractivity contribution in [3.8, 4) is 5.75 Å². The van der Waals surface area contributed by atoms with Crippen LogP contribution in [0.4, 0.5) is 0 Å². The molecule has 0 unspecified atom stereocenters. The van der Waals surface area contributed by atoms with Crippen LogP contribution in [0.1, 0.15) is 34.0 Å². The Morgan fingerprint density at radius 1 is 0.839 bits per heavy atom. The van der Waals surface area contributed by atoms with Crippen molar-refractivity contribution in [1.82, 2.24) is 5.43 Å². The molecule has 4 rings (SSSR count). The molecule has 0 aliphatic carbocycles. The summed E-state index contributed by atoms with van der Waals surface area (Å²) in [5.41, 5.74) is 7.09. The first-order chi connectivity index (χ1) is 15.1. The van der Waals surface area contributed by atoms with Gasteiger partial charge in [0.1, 0.15) is 12.4 Å². The summed E-state index contributed by atoms with van der Waals surface area (Å²) in [5, 5.41) is 6.55. The van der Waals surface area contributed by atoms with Crippen molar-refractivity contribution in [3.63, 3.8) is 0 Å². The lowest BCUT2D eigenvalue weighted by molar-refractivity contribution is 0.0955. The number of benzene rings is 4. The Hall–Kier alpha value is -3.92. The van der Waals surface area contributed by atoms with Crippen molar-refractivity contribution in [2.24, 2.45) is 5.10 Å². The number of aryl methyl sites for hydroxylation is 1. The summed E-state index contributed by atoms with van der Waals surface area (Å²) in [7, 11) is 0. The predicted octanol–water partition coefficient (Wildman–Crippen LogP) is 5.88. The molecule has 4 heteroatoms. The van der Waals surface area contributed by atoms with Gasteiger partial charge in [0.25, 0.3) is 5.91 Å². The number of nitrogens with zero attached hydrogens (tertiary/aromatic N) is 1. The van der Waals surface area contributed by atoms with Gasteiger partial charge in [0.15, 0.2) is 0 Å². The third-order valence-electron chi connectivity index (χ3n) is 5.14. The van der Waals surface area contributed by atoms with Crippen LogP contribution in [0, 0.1) is 6.92 Å². The second-order valence-corrected chi connectivity index (χ2v) is 7.50. The molecule has 0 atom stereocenters. The second-order valence-electron chi connectivity index (χ2n) is 7.50. The highest BCUT2D eigenvalue weighted by atomic mass is 16.5. The highest BCUT2D eigenvalue weighted by molar-refractivity contribution is 6.00. The molecule has 0 saturated heterocycles. The van der Waals surface area contributed by atoms with Gasteiger partial charge in [-0.15, -0.1) is 0 Å². The Balaban J connectivity index is 1.35. The maximum atomic E-state index is 12.4. The maximum absolute atomic E-state index is 12.4. The van der Waals surface area contributed by atoms with Gasteiger partial charge in [0, 0.05) is 5.56 Å². The van der Waals surface area contributed by atoms with E-state index < -0.39 is 0 Å². The standard InChI is InChI=1S/C27H24N2O2/c1-19-7-11-22(12-8-19)20(2)28-29-27(30)24-13-9-21(10-14-24)18-31-26-16-15-23-5-3-4-6-25(23)17-26/h3-17H,18H2,1-2H3,(H,29,30)/b28-20-. The molecule has 0 spiro atoms. The number of ether oxygens (including phenoxy) is 1. The third-order valence-corrected chi connectivity index (χ3v) is 5.14. The summed E-state index contributed by atoms with van der Waals surface area (Å²) in [4.78, 5) is 12.4. The monoisotopic (exact) mass is 408 g/mol. The van der Waals surface area contributed by atoms with E-state index in [9.17, 15) is 4.79 Å². The number of fused-ring (bicyclic) bond motifs is 1. The maximum Gasteiger partial charge on any atom is 0.271 e. The number of carbonyl (C=O) groups is 1. The molecule has 0 saturated carbocycles. The number of amides is 1. The minimum atomic E-state index is -0.242. The topological polar surface area (TPSA) is 50.7 Å². The van der Waals surface area contributed by atoms with E-state index in [0.717, 1.165) is 28.0 Å². The average molecular weight is 409 g/mol. The Bertz CT molecular complexity index is 1230. The van der Waals surface area contributed by atoms with Gasteiger partial charge in [-0.2, -0.15) is 5.10 Å². The first-order valence-corrected chi connectivity index (χ1v) is 10.2. The quantitative estimate of drug-likeness (QED) is 0.320. The number of hydrogen-bond acceptors (Lipinski definition) is 3. The molecule has 4 nitrogen and oxygen atoms in total. The molecule has 1 amide bonds. The smallest absolute Gasteiger partial charge is 0.271 e. The normalized spacial score (nSPS) is 11.4. The van der Waals surface area contributed by atoms with Crippen molar-refractivity contribution in [1.29, 1.82) is 0 Å². The van der Waals surface area contributed by atoms with Crippen LogP contribution in [0.15, 0.2) is 96.1 Å². The highest BCUT2D eigenvalue weighted by Crippen LogP contribution is 2.21. The fourth-order valence-corrected chi connectivity index (χ4v) is 3.23. The molecule has 0 aliphatic rings. The molecule has 1 N–H and O–H groups in total. The first-order valence-electron chi connectivity index (χ1n) is 10.2. The summed E-state index contributed by atoms with van der Waals surface area (Å²) < 4.78 is 5.91. The van der Waals surface area contributed by atoms with Crippen molar-refractivity contribution >= 4 is 22.4 Å². The minimum absolute atomic E-state index is 0.242. The van der Waals surface area contributed by atoms with Crippen molar-refractivity contribution in [2.75, 3.05) is 0 Å². The lowest BCUT2D eigenvalue weighted by atomic mass is 10.1. The van der Waals surface area contributed by atoms with E-state index in [4.69, 9.17) is 4.74 Å². The molecular formula is C27H24N2O2. The van der Waals surface area contributed by atoms with Gasteiger partial charge in [0.05, 0.1) is 5.71 Å². The molecule has 4 aromatic rings. The molecule has 0 fully saturated rings. The fraction of sp³-hybridized carbons (Fsp3) is 0.111. The van der Waals surface area contributed by atoms with E-state index >= 15 is 0 Å². The molecule has 0 bridgehead atoms. The van der Waals surface area contributed by atoms with E-state index in [2.05, 4.69) is 28.7 Å². The van der Waals surface area contributed by atoms with Crippen molar-refractivity contribution < 1.29 is 9.53 Å². The molecular weight excluding hydrogens is 384 g/mol. The van der Waals surface area contributed by atoms with Crippen molar-refractivity contribution in [3.05, 3.63) is 113 Å². The summed E-state index contributed by atoms with van der Waals surface area (Å²) in [6.07, 6.45) is 0. The minimum Gasteiger partial charge on any atom is -0.489 e. The SMILES string of the molecule is C/C(=N/NC(=O)c1ccc(COc2ccc3ccccc3c2)cc1)c1ccc(C)cc1. The predicted molar refractivity (Wildman–Crippen MR) is 126 cm³/mol. The van der Waals surface area contributed by atoms with Gasteiger partial charge < -0.3 is 4.74 Å². The van der Waals surface area contributed by atoms with Crippen LogP contribution < -0.4 is 10.2 Å². The van der Waals surface area contributed by atoms with Gasteiger partial charge in [-0.1, -0.05) is 72.3 Å². The summed E-state index contributed by atoms with van der Waals surface area (Å²) >= 11 is 0. The van der Waals surface area contributed by atoms with Crippen molar-refractivity contribution in [2.45, 2.75) is 20.5 Å². The van der Waals surface area contributed by atoms with Crippen LogP contribution >= 0.6 is 0 Å². The zero-order valence-corrected chi connectivity index (χ0v) is 17.6. The van der Waals surface area contributed by atoms with Crippen LogP contribution in [-0.2, 0) is 6.61 Å². The van der Waals surface area contributed by atoms with E-state index in [-0.39, 0.29) is 5.91 Å². The Labute approximate surface area is 182 Å². The molecule has 0 radical (unpaired) electrons. The van der Waals surface area contributed by atoms with E-state index in [1.165, 1.54) is 10.9 Å². The third kappa shape index (κ3) is 5.17. The van der Waals surface area contributed by atoms with E-state index in [0.29, 0.717) is 12.2 Å². The summed E-state index contributed by atoms with van der Waals surface area (Å²) in [6, 6.07) is 29.6. The molecule has 0 heterocycles. The number of hydrazone groups is 1. The number of hydrogen-bond donors (Lipinski definition) is 1. The largest absolute Gasteiger partial charge is 0.489 e. The van der Waals surface area contributed by atoms with Gasteiger partial charge in [-0.05, 0) is 60.0 Å². The van der Waals surface area contributed by atoms with Gasteiger partial charge in [0.2, 0.25) is 0 Å². The average Bonchev–Trinajstić information content (AvgIpc) is 2.81. The second kappa shape index (κ2) is 9.26. The van der Waals surface area contributed by atoms with E-state index in [1.54, 1.807) is 12.1 Å². The zero-order chi connectivity index (χ0) is 21.6. The van der Waals surface area contributed by atoms with Gasteiger partial charge >= 0.3 is 0 Å². The van der Waals surface area contributed by atoms with Crippen LogP contribution in [0.2, 0.25) is 0 Å². The highest BCUT2D eigenvalue weighted by Gasteiger charge is 2.06. The van der Waals surface area contributed by atoms with Crippen LogP contribution in [0.25, 0.3) is 10.8 Å². The van der Waals surface area contributed by atoms with Gasteiger partial charge in [-0.25, -0.2) is 5.43 Å². The van der Waals surface area contributed by atoms with E-state index in [1.807, 2.05) is 74.5 Å². The Kier molecular flexibility index (Phi) is 6.08. The van der Waals surface area contributed by atoms with Gasteiger partial charge in [-0.3, -0.25) is 4.79 Å². The summed E-state index contributed by atoms with van der Waals surface area (Å²) in [6.45, 7) is 4.34. The Morgan fingerprint density at radius 3 is 2.26 bits per heavy atom. The Morgan fingerprint density at radius 2 is 1.52 bits per heavy atom. The molecule has 4 aromatic carbocycles. The van der Waals surface area contributed by atoms with Crippen LogP contribution in [0.3, 0.4) is 0 Å². The molecule has 154 valence electrons. The zero-order valence-electron chi connectivity index (χ0n) is 17.6. The molecule has 31 heavy (non-hydrogen) atoms. The number of rotatable bonds is 6. The molecule has 0 aromatic heterocycles. The van der Waals surface area contributed by atoms with Crippen LogP contribution in [-0.4, -0.2) is 11.6 Å².